The van der Waals surface area contributed by atoms with Gasteiger partial charge < -0.3 is 5.11 Å². The molecule has 0 amide bonds. The molecule has 1 heterocycles. The van der Waals surface area contributed by atoms with E-state index in [2.05, 4.69) is 4.98 Å². The number of hydrogen-bond acceptors (Lipinski definition) is 2. The summed E-state index contributed by atoms with van der Waals surface area (Å²) >= 11 is 0. The van der Waals surface area contributed by atoms with Gasteiger partial charge >= 0.3 is 0 Å². The molecule has 0 saturated carbocycles. The lowest BCUT2D eigenvalue weighted by Gasteiger charge is -2.13. The molecule has 0 spiro atoms. The van der Waals surface area contributed by atoms with Gasteiger partial charge in [0.2, 0.25) is 0 Å². The Kier molecular flexibility index (Phi) is 3.37. The maximum atomic E-state index is 12.7. The fraction of sp³-hybridized carbons (Fsp3) is 0.500. The number of aliphatic hydroxyl groups excluding tert-OH is 1. The van der Waals surface area contributed by atoms with E-state index in [0.29, 0.717) is 6.42 Å². The Labute approximate surface area is 77.4 Å². The SMILES string of the molecule is CC(O)C(C)Cc1cncc(F)c1. The zero-order chi connectivity index (χ0) is 9.84. The summed E-state index contributed by atoms with van der Waals surface area (Å²) in [6, 6.07) is 1.45. The van der Waals surface area contributed by atoms with E-state index < -0.39 is 0 Å². The highest BCUT2D eigenvalue weighted by molar-refractivity contribution is 5.10. The highest BCUT2D eigenvalue weighted by atomic mass is 19.1. The van der Waals surface area contributed by atoms with Gasteiger partial charge in [-0.15, -0.1) is 0 Å². The second-order valence-electron chi connectivity index (χ2n) is 3.43. The van der Waals surface area contributed by atoms with Crippen molar-refractivity contribution in [3.63, 3.8) is 0 Å². The molecule has 13 heavy (non-hydrogen) atoms. The lowest BCUT2D eigenvalue weighted by molar-refractivity contribution is 0.135. The van der Waals surface area contributed by atoms with Crippen LogP contribution in [0.1, 0.15) is 19.4 Å². The van der Waals surface area contributed by atoms with Crippen LogP contribution in [0.4, 0.5) is 4.39 Å². The maximum Gasteiger partial charge on any atom is 0.141 e. The number of pyridine rings is 1. The zero-order valence-electron chi connectivity index (χ0n) is 7.87. The molecule has 0 aliphatic rings. The molecule has 1 N–H and O–H groups in total. The predicted octanol–water partition coefficient (Wildman–Crippen LogP) is 1.78. The van der Waals surface area contributed by atoms with Gasteiger partial charge in [-0.2, -0.15) is 0 Å². The Morgan fingerprint density at radius 3 is 2.69 bits per heavy atom. The molecule has 0 saturated heterocycles. The molecule has 1 aromatic rings. The quantitative estimate of drug-likeness (QED) is 0.774. The molecule has 0 radical (unpaired) electrons. The first-order valence-corrected chi connectivity index (χ1v) is 4.37. The fourth-order valence-electron chi connectivity index (χ4n) is 1.11. The summed E-state index contributed by atoms with van der Waals surface area (Å²) in [6.07, 6.45) is 3.09. The van der Waals surface area contributed by atoms with Crippen LogP contribution in [-0.2, 0) is 6.42 Å². The van der Waals surface area contributed by atoms with Crippen molar-refractivity contribution in [3.8, 4) is 0 Å². The molecule has 72 valence electrons. The summed E-state index contributed by atoms with van der Waals surface area (Å²) in [5.41, 5.74) is 0.827. The summed E-state index contributed by atoms with van der Waals surface area (Å²) in [7, 11) is 0. The van der Waals surface area contributed by atoms with Gasteiger partial charge in [0.15, 0.2) is 0 Å². The molecule has 3 heteroatoms. The highest BCUT2D eigenvalue weighted by Gasteiger charge is 2.09. The normalized spacial score (nSPS) is 15.4. The minimum atomic E-state index is -0.372. The van der Waals surface area contributed by atoms with E-state index in [-0.39, 0.29) is 17.8 Å². The lowest BCUT2D eigenvalue weighted by atomic mass is 9.98. The molecule has 0 aliphatic carbocycles. The van der Waals surface area contributed by atoms with Crippen LogP contribution in [0.25, 0.3) is 0 Å². The summed E-state index contributed by atoms with van der Waals surface area (Å²) in [5.74, 6) is -0.195. The molecule has 0 bridgehead atoms. The minimum Gasteiger partial charge on any atom is -0.393 e. The highest BCUT2D eigenvalue weighted by Crippen LogP contribution is 2.11. The average molecular weight is 183 g/mol. The van der Waals surface area contributed by atoms with Crippen molar-refractivity contribution in [2.75, 3.05) is 0 Å². The van der Waals surface area contributed by atoms with Crippen LogP contribution < -0.4 is 0 Å². The molecule has 0 aromatic carbocycles. The van der Waals surface area contributed by atoms with Crippen molar-refractivity contribution in [1.82, 2.24) is 4.98 Å². The molecule has 0 fully saturated rings. The largest absolute Gasteiger partial charge is 0.393 e. The number of rotatable bonds is 3. The van der Waals surface area contributed by atoms with E-state index >= 15 is 0 Å². The van der Waals surface area contributed by atoms with E-state index in [1.807, 2.05) is 6.92 Å². The predicted molar refractivity (Wildman–Crippen MR) is 48.7 cm³/mol. The van der Waals surface area contributed by atoms with Crippen molar-refractivity contribution in [3.05, 3.63) is 29.8 Å². The number of hydrogen-bond donors (Lipinski definition) is 1. The van der Waals surface area contributed by atoms with Gasteiger partial charge in [-0.05, 0) is 30.9 Å². The fourth-order valence-corrected chi connectivity index (χ4v) is 1.11. The Balaban J connectivity index is 2.64. The van der Waals surface area contributed by atoms with E-state index in [0.717, 1.165) is 5.56 Å². The second kappa shape index (κ2) is 4.33. The summed E-state index contributed by atoms with van der Waals surface area (Å²) in [6.45, 7) is 3.66. The van der Waals surface area contributed by atoms with Gasteiger partial charge in [0.1, 0.15) is 5.82 Å². The molecule has 1 rings (SSSR count). The Bertz CT molecular complexity index is 275. The van der Waals surface area contributed by atoms with Crippen LogP contribution in [0.2, 0.25) is 0 Å². The van der Waals surface area contributed by atoms with Gasteiger partial charge in [-0.1, -0.05) is 6.92 Å². The van der Waals surface area contributed by atoms with E-state index in [1.54, 1.807) is 13.1 Å². The zero-order valence-corrected chi connectivity index (χ0v) is 7.87. The molecular formula is C10H14FNO. The Morgan fingerprint density at radius 1 is 1.46 bits per heavy atom. The van der Waals surface area contributed by atoms with Crippen LogP contribution in [0.3, 0.4) is 0 Å². The van der Waals surface area contributed by atoms with Crippen LogP contribution in [0.5, 0.6) is 0 Å². The minimum absolute atomic E-state index is 0.128. The maximum absolute atomic E-state index is 12.7. The topological polar surface area (TPSA) is 33.1 Å². The summed E-state index contributed by atoms with van der Waals surface area (Å²) in [4.78, 5) is 3.74. The monoisotopic (exact) mass is 183 g/mol. The Hall–Kier alpha value is -0.960. The van der Waals surface area contributed by atoms with Crippen LogP contribution in [-0.4, -0.2) is 16.2 Å². The summed E-state index contributed by atoms with van der Waals surface area (Å²) in [5, 5.41) is 9.24. The average Bonchev–Trinajstić information content (AvgIpc) is 2.04. The molecule has 1 aromatic heterocycles. The lowest BCUT2D eigenvalue weighted by Crippen LogP contribution is -2.15. The number of aliphatic hydroxyl groups is 1. The van der Waals surface area contributed by atoms with Crippen molar-refractivity contribution in [2.45, 2.75) is 26.4 Å². The first kappa shape index (κ1) is 10.1. The number of nitrogens with zero attached hydrogens (tertiary/aromatic N) is 1. The van der Waals surface area contributed by atoms with Crippen molar-refractivity contribution < 1.29 is 9.50 Å². The first-order chi connectivity index (χ1) is 6.09. The van der Waals surface area contributed by atoms with Gasteiger partial charge in [0.05, 0.1) is 12.3 Å². The van der Waals surface area contributed by atoms with Crippen LogP contribution >= 0.6 is 0 Å². The van der Waals surface area contributed by atoms with Gasteiger partial charge in [-0.25, -0.2) is 4.39 Å². The van der Waals surface area contributed by atoms with Crippen LogP contribution in [0.15, 0.2) is 18.5 Å². The van der Waals surface area contributed by atoms with Crippen molar-refractivity contribution in [1.29, 1.82) is 0 Å². The Morgan fingerprint density at radius 2 is 2.15 bits per heavy atom. The van der Waals surface area contributed by atoms with E-state index in [4.69, 9.17) is 0 Å². The number of halogens is 1. The molecular weight excluding hydrogens is 169 g/mol. The third-order valence-corrected chi connectivity index (χ3v) is 2.14. The third kappa shape index (κ3) is 3.11. The molecule has 2 atom stereocenters. The summed E-state index contributed by atoms with van der Waals surface area (Å²) < 4.78 is 12.7. The van der Waals surface area contributed by atoms with Gasteiger partial charge in [-0.3, -0.25) is 4.98 Å². The van der Waals surface area contributed by atoms with E-state index in [9.17, 15) is 9.50 Å². The molecule has 0 aliphatic heterocycles. The third-order valence-electron chi connectivity index (χ3n) is 2.14. The van der Waals surface area contributed by atoms with Crippen molar-refractivity contribution >= 4 is 0 Å². The van der Waals surface area contributed by atoms with Crippen molar-refractivity contribution in [2.24, 2.45) is 5.92 Å². The van der Waals surface area contributed by atoms with E-state index in [1.165, 1.54) is 12.3 Å². The second-order valence-corrected chi connectivity index (χ2v) is 3.43. The van der Waals surface area contributed by atoms with Gasteiger partial charge in [0.25, 0.3) is 0 Å². The smallest absolute Gasteiger partial charge is 0.141 e. The van der Waals surface area contributed by atoms with Gasteiger partial charge in [0, 0.05) is 6.20 Å². The molecule has 2 unspecified atom stereocenters. The standard InChI is InChI=1S/C10H14FNO/c1-7(8(2)13)3-9-4-10(11)6-12-5-9/h4-8,13H,3H2,1-2H3. The van der Waals surface area contributed by atoms with Crippen LogP contribution in [0, 0.1) is 11.7 Å². The first-order valence-electron chi connectivity index (χ1n) is 4.37. The number of aromatic nitrogens is 1. The molecule has 2 nitrogen and oxygen atoms in total.